The number of hydrogen-bond donors (Lipinski definition) is 2. The number of anilines is 1. The van der Waals surface area contributed by atoms with Gasteiger partial charge in [0.05, 0.1) is 31.1 Å². The Morgan fingerprint density at radius 3 is 2.52 bits per heavy atom. The largest absolute Gasteiger partial charge is 0.465 e. The monoisotopic (exact) mass is 443 g/mol. The maximum Gasteiger partial charge on any atom is 0.341 e. The van der Waals surface area contributed by atoms with Crippen LogP contribution >= 0.6 is 11.3 Å². The Morgan fingerprint density at radius 1 is 1.10 bits per heavy atom. The standard InChI is InChI=1S/C21H21N3O6S/c1-3-30-21(28)16-14-5-4-6-15(14)31-19(16)23-17(25)18(26)24-22-11-12-7-9-13(10-8-12)20(27)29-2/h7-11H,3-6H2,1-2H3,(H,23,25)(H,24,26)/b22-11+. The highest BCUT2D eigenvalue weighted by Crippen LogP contribution is 2.39. The van der Waals surface area contributed by atoms with Crippen molar-refractivity contribution in [3.05, 3.63) is 51.4 Å². The number of aryl methyl sites for hydroxylation is 1. The average molecular weight is 443 g/mol. The van der Waals surface area contributed by atoms with Crippen LogP contribution in [0, 0.1) is 0 Å². The number of hydrazone groups is 1. The van der Waals surface area contributed by atoms with Gasteiger partial charge in [0.2, 0.25) is 0 Å². The first-order valence-electron chi connectivity index (χ1n) is 9.59. The molecule has 10 heteroatoms. The molecule has 0 bridgehead atoms. The number of methoxy groups -OCH3 is 1. The zero-order valence-electron chi connectivity index (χ0n) is 17.0. The normalized spacial score (nSPS) is 12.3. The second-order valence-corrected chi connectivity index (χ2v) is 7.65. The van der Waals surface area contributed by atoms with Crippen molar-refractivity contribution < 1.29 is 28.7 Å². The molecule has 0 saturated heterocycles. The number of carbonyl (C=O) groups excluding carboxylic acids is 4. The van der Waals surface area contributed by atoms with Crippen LogP contribution < -0.4 is 10.7 Å². The quantitative estimate of drug-likeness (QED) is 0.306. The molecule has 162 valence electrons. The number of fused-ring (bicyclic) bond motifs is 1. The van der Waals surface area contributed by atoms with Crippen LogP contribution in [0.5, 0.6) is 0 Å². The number of thiophene rings is 1. The minimum atomic E-state index is -0.981. The molecular weight excluding hydrogens is 422 g/mol. The van der Waals surface area contributed by atoms with E-state index >= 15 is 0 Å². The number of carbonyl (C=O) groups is 4. The molecule has 3 rings (SSSR count). The lowest BCUT2D eigenvalue weighted by molar-refractivity contribution is -0.136. The highest BCUT2D eigenvalue weighted by Gasteiger charge is 2.29. The summed E-state index contributed by atoms with van der Waals surface area (Å²) in [5.41, 5.74) is 4.33. The molecule has 0 atom stereocenters. The second kappa shape index (κ2) is 9.98. The van der Waals surface area contributed by atoms with Gasteiger partial charge >= 0.3 is 23.8 Å². The first-order valence-corrected chi connectivity index (χ1v) is 10.4. The number of benzene rings is 1. The minimum Gasteiger partial charge on any atom is -0.465 e. The van der Waals surface area contributed by atoms with Gasteiger partial charge in [-0.05, 0) is 49.4 Å². The lowest BCUT2D eigenvalue weighted by Crippen LogP contribution is -2.32. The number of nitrogens with one attached hydrogen (secondary N) is 2. The van der Waals surface area contributed by atoms with Gasteiger partial charge in [0.15, 0.2) is 0 Å². The molecule has 2 aromatic rings. The molecule has 0 fully saturated rings. The van der Waals surface area contributed by atoms with Crippen molar-refractivity contribution in [1.82, 2.24) is 5.43 Å². The fourth-order valence-corrected chi connectivity index (χ4v) is 4.38. The molecule has 31 heavy (non-hydrogen) atoms. The first-order chi connectivity index (χ1) is 14.9. The summed E-state index contributed by atoms with van der Waals surface area (Å²) in [6.45, 7) is 1.92. The highest BCUT2D eigenvalue weighted by molar-refractivity contribution is 7.17. The third-order valence-corrected chi connectivity index (χ3v) is 5.75. The number of esters is 2. The Bertz CT molecular complexity index is 1040. The van der Waals surface area contributed by atoms with E-state index in [1.165, 1.54) is 24.7 Å². The van der Waals surface area contributed by atoms with E-state index in [0.717, 1.165) is 29.7 Å². The van der Waals surface area contributed by atoms with Gasteiger partial charge in [-0.25, -0.2) is 15.0 Å². The first kappa shape index (κ1) is 22.2. The third kappa shape index (κ3) is 5.15. The van der Waals surface area contributed by atoms with E-state index in [1.54, 1.807) is 31.2 Å². The molecule has 0 radical (unpaired) electrons. The van der Waals surface area contributed by atoms with Crippen LogP contribution in [0.3, 0.4) is 0 Å². The van der Waals surface area contributed by atoms with Crippen molar-refractivity contribution in [3.8, 4) is 0 Å². The van der Waals surface area contributed by atoms with Crippen molar-refractivity contribution in [2.75, 3.05) is 19.0 Å². The molecule has 1 aliphatic rings. The zero-order chi connectivity index (χ0) is 22.4. The summed E-state index contributed by atoms with van der Waals surface area (Å²) < 4.78 is 9.72. The summed E-state index contributed by atoms with van der Waals surface area (Å²) in [7, 11) is 1.29. The molecule has 2 amide bonds. The van der Waals surface area contributed by atoms with Crippen molar-refractivity contribution >= 4 is 46.3 Å². The summed E-state index contributed by atoms with van der Waals surface area (Å²) in [5, 5.41) is 6.55. The fraction of sp³-hybridized carbons (Fsp3) is 0.286. The van der Waals surface area contributed by atoms with Gasteiger partial charge in [-0.15, -0.1) is 11.3 Å². The van der Waals surface area contributed by atoms with Crippen LogP contribution in [0.4, 0.5) is 5.00 Å². The zero-order valence-corrected chi connectivity index (χ0v) is 17.8. The highest BCUT2D eigenvalue weighted by atomic mass is 32.1. The maximum absolute atomic E-state index is 12.3. The Labute approximate surface area is 182 Å². The molecule has 0 spiro atoms. The van der Waals surface area contributed by atoms with Crippen LogP contribution in [0.25, 0.3) is 0 Å². The van der Waals surface area contributed by atoms with E-state index in [1.807, 2.05) is 0 Å². The third-order valence-electron chi connectivity index (χ3n) is 4.55. The number of amides is 2. The van der Waals surface area contributed by atoms with E-state index in [-0.39, 0.29) is 6.61 Å². The lowest BCUT2D eigenvalue weighted by Gasteiger charge is -2.07. The average Bonchev–Trinajstić information content (AvgIpc) is 3.34. The number of nitrogens with zero attached hydrogens (tertiary/aromatic N) is 1. The predicted octanol–water partition coefficient (Wildman–Crippen LogP) is 2.29. The van der Waals surface area contributed by atoms with E-state index in [4.69, 9.17) is 4.74 Å². The summed E-state index contributed by atoms with van der Waals surface area (Å²) in [6.07, 6.45) is 3.84. The van der Waals surface area contributed by atoms with Crippen LogP contribution in [-0.4, -0.2) is 43.7 Å². The van der Waals surface area contributed by atoms with Crippen molar-refractivity contribution in [2.45, 2.75) is 26.2 Å². The smallest absolute Gasteiger partial charge is 0.341 e. The Morgan fingerprint density at radius 2 is 1.84 bits per heavy atom. The fourth-order valence-electron chi connectivity index (χ4n) is 3.11. The number of ether oxygens (including phenoxy) is 2. The van der Waals surface area contributed by atoms with Crippen molar-refractivity contribution in [2.24, 2.45) is 5.10 Å². The molecule has 1 aromatic heterocycles. The van der Waals surface area contributed by atoms with E-state index in [9.17, 15) is 19.2 Å². The maximum atomic E-state index is 12.3. The van der Waals surface area contributed by atoms with Gasteiger partial charge in [-0.2, -0.15) is 5.10 Å². The molecule has 0 saturated carbocycles. The summed E-state index contributed by atoms with van der Waals surface area (Å²) in [6, 6.07) is 6.32. The van der Waals surface area contributed by atoms with Crippen molar-refractivity contribution in [3.63, 3.8) is 0 Å². The Balaban J connectivity index is 1.62. The van der Waals surface area contributed by atoms with Gasteiger partial charge in [-0.3, -0.25) is 9.59 Å². The van der Waals surface area contributed by atoms with Crippen LogP contribution in [-0.2, 0) is 31.9 Å². The van der Waals surface area contributed by atoms with Crippen LogP contribution in [0.1, 0.15) is 50.1 Å². The van der Waals surface area contributed by atoms with Gasteiger partial charge < -0.3 is 14.8 Å². The SMILES string of the molecule is CCOC(=O)c1c(NC(=O)C(=O)N/N=C/c2ccc(C(=O)OC)cc2)sc2c1CCC2. The van der Waals surface area contributed by atoms with Crippen LogP contribution in [0.15, 0.2) is 29.4 Å². The lowest BCUT2D eigenvalue weighted by atomic mass is 10.1. The number of hydrogen-bond acceptors (Lipinski definition) is 8. The molecule has 0 unspecified atom stereocenters. The van der Waals surface area contributed by atoms with Gasteiger partial charge in [0.25, 0.3) is 0 Å². The topological polar surface area (TPSA) is 123 Å². The second-order valence-electron chi connectivity index (χ2n) is 6.55. The molecule has 1 aliphatic carbocycles. The summed E-state index contributed by atoms with van der Waals surface area (Å²) >= 11 is 1.29. The molecule has 1 aromatic carbocycles. The molecule has 9 nitrogen and oxygen atoms in total. The van der Waals surface area contributed by atoms with E-state index in [2.05, 4.69) is 20.6 Å². The molecule has 1 heterocycles. The van der Waals surface area contributed by atoms with E-state index in [0.29, 0.717) is 21.7 Å². The number of rotatable bonds is 6. The summed E-state index contributed by atoms with van der Waals surface area (Å²) in [4.78, 5) is 49.1. The van der Waals surface area contributed by atoms with Crippen LogP contribution in [0.2, 0.25) is 0 Å². The van der Waals surface area contributed by atoms with Gasteiger partial charge in [0.1, 0.15) is 5.00 Å². The van der Waals surface area contributed by atoms with Gasteiger partial charge in [0, 0.05) is 4.88 Å². The molecule has 2 N–H and O–H groups in total. The van der Waals surface area contributed by atoms with Crippen molar-refractivity contribution in [1.29, 1.82) is 0 Å². The Hall–Kier alpha value is -3.53. The molecule has 0 aliphatic heterocycles. The summed E-state index contributed by atoms with van der Waals surface area (Å²) in [5.74, 6) is -2.89. The molecular formula is C21H21N3O6S. The van der Waals surface area contributed by atoms with E-state index < -0.39 is 23.8 Å². The van der Waals surface area contributed by atoms with Gasteiger partial charge in [-0.1, -0.05) is 12.1 Å². The Kier molecular flexibility index (Phi) is 7.14. The minimum absolute atomic E-state index is 0.215. The predicted molar refractivity (Wildman–Crippen MR) is 114 cm³/mol.